The highest BCUT2D eigenvalue weighted by atomic mass is 79.9. The number of carbonyl (C=O) groups is 1. The van der Waals surface area contributed by atoms with Gasteiger partial charge >= 0.3 is 12.1 Å². The first-order valence-corrected chi connectivity index (χ1v) is 6.85. The number of carboxylic acids is 1. The molecule has 0 amide bonds. The molecule has 0 atom stereocenters. The van der Waals surface area contributed by atoms with Crippen LogP contribution < -0.4 is 0 Å². The van der Waals surface area contributed by atoms with Crippen molar-refractivity contribution in [1.29, 1.82) is 0 Å². The van der Waals surface area contributed by atoms with E-state index in [1.54, 1.807) is 6.92 Å². The van der Waals surface area contributed by atoms with Crippen molar-refractivity contribution in [3.05, 3.63) is 46.1 Å². The normalized spacial score (nSPS) is 11.7. The van der Waals surface area contributed by atoms with Gasteiger partial charge < -0.3 is 9.67 Å². The van der Waals surface area contributed by atoms with Gasteiger partial charge in [-0.1, -0.05) is 22.0 Å². The van der Waals surface area contributed by atoms with Gasteiger partial charge in [0, 0.05) is 16.7 Å². The molecule has 0 saturated carbocycles. The Morgan fingerprint density at radius 3 is 2.48 bits per heavy atom. The van der Waals surface area contributed by atoms with Crippen LogP contribution in [0, 0.1) is 0 Å². The summed E-state index contributed by atoms with van der Waals surface area (Å²) in [5.41, 5.74) is 0.0116. The van der Waals surface area contributed by atoms with E-state index in [0.717, 1.165) is 6.07 Å². The van der Waals surface area contributed by atoms with Gasteiger partial charge in [0.2, 0.25) is 0 Å². The number of aromatic nitrogens is 1. The average Bonchev–Trinajstić information content (AvgIpc) is 2.81. The number of aromatic carboxylic acids is 1. The molecule has 2 rings (SSSR count). The van der Waals surface area contributed by atoms with E-state index >= 15 is 0 Å². The molecule has 0 unspecified atom stereocenters. The molecule has 0 aliphatic heterocycles. The van der Waals surface area contributed by atoms with Crippen molar-refractivity contribution in [3.63, 3.8) is 0 Å². The molecule has 21 heavy (non-hydrogen) atoms. The van der Waals surface area contributed by atoms with Crippen LogP contribution in [0.25, 0.3) is 11.3 Å². The van der Waals surface area contributed by atoms with Crippen LogP contribution in [0.3, 0.4) is 0 Å². The van der Waals surface area contributed by atoms with E-state index in [1.807, 2.05) is 0 Å². The van der Waals surface area contributed by atoms with Gasteiger partial charge in [-0.15, -0.1) is 0 Å². The number of alkyl halides is 3. The number of nitrogens with zero attached hydrogens (tertiary/aromatic N) is 1. The van der Waals surface area contributed by atoms with E-state index in [1.165, 1.54) is 28.8 Å². The Hall–Kier alpha value is -1.76. The first kappa shape index (κ1) is 15.6. The van der Waals surface area contributed by atoms with Crippen molar-refractivity contribution in [2.45, 2.75) is 19.6 Å². The number of rotatable bonds is 3. The fourth-order valence-corrected chi connectivity index (χ4v) is 2.62. The molecule has 7 heteroatoms. The van der Waals surface area contributed by atoms with Gasteiger partial charge in [-0.2, -0.15) is 13.2 Å². The molecule has 1 aromatic carbocycles. The van der Waals surface area contributed by atoms with Gasteiger partial charge in [0.15, 0.2) is 0 Å². The fourth-order valence-electron chi connectivity index (χ4n) is 2.15. The van der Waals surface area contributed by atoms with Crippen molar-refractivity contribution in [3.8, 4) is 11.3 Å². The maximum Gasteiger partial charge on any atom is 0.417 e. The lowest BCUT2D eigenvalue weighted by molar-refractivity contribution is -0.138. The zero-order chi connectivity index (χ0) is 15.8. The zero-order valence-corrected chi connectivity index (χ0v) is 12.5. The average molecular weight is 362 g/mol. The van der Waals surface area contributed by atoms with Crippen LogP contribution in [0.4, 0.5) is 13.2 Å². The molecule has 0 fully saturated rings. The molecule has 2 aromatic rings. The third kappa shape index (κ3) is 2.97. The topological polar surface area (TPSA) is 42.2 Å². The summed E-state index contributed by atoms with van der Waals surface area (Å²) >= 11 is 2.88. The molecule has 0 bridgehead atoms. The fraction of sp³-hybridized carbons (Fsp3) is 0.214. The van der Waals surface area contributed by atoms with E-state index < -0.39 is 17.7 Å². The summed E-state index contributed by atoms with van der Waals surface area (Å²) in [5.74, 6) is -1.11. The van der Waals surface area contributed by atoms with Crippen LogP contribution in [-0.2, 0) is 12.7 Å². The number of halogens is 4. The first-order chi connectivity index (χ1) is 9.75. The first-order valence-electron chi connectivity index (χ1n) is 6.05. The Morgan fingerprint density at radius 1 is 1.29 bits per heavy atom. The van der Waals surface area contributed by atoms with Crippen LogP contribution in [0.2, 0.25) is 0 Å². The van der Waals surface area contributed by atoms with Gasteiger partial charge in [0.25, 0.3) is 0 Å². The summed E-state index contributed by atoms with van der Waals surface area (Å²) in [7, 11) is 0. The summed E-state index contributed by atoms with van der Waals surface area (Å²) < 4.78 is 40.2. The number of benzene rings is 1. The minimum atomic E-state index is -4.48. The largest absolute Gasteiger partial charge is 0.477 e. The highest BCUT2D eigenvalue weighted by molar-refractivity contribution is 9.10. The molecular formula is C14H11BrF3NO2. The minimum Gasteiger partial charge on any atom is -0.477 e. The minimum absolute atomic E-state index is 0.0453. The predicted molar refractivity (Wildman–Crippen MR) is 75.2 cm³/mol. The van der Waals surface area contributed by atoms with Gasteiger partial charge in [-0.3, -0.25) is 0 Å². The molecular weight excluding hydrogens is 351 g/mol. The van der Waals surface area contributed by atoms with Crippen molar-refractivity contribution < 1.29 is 23.1 Å². The molecule has 1 aromatic heterocycles. The Balaban J connectivity index is 2.61. The van der Waals surface area contributed by atoms with E-state index in [9.17, 15) is 18.0 Å². The van der Waals surface area contributed by atoms with Gasteiger partial charge in [-0.05, 0) is 36.8 Å². The van der Waals surface area contributed by atoms with Crippen LogP contribution in [-0.4, -0.2) is 15.6 Å². The Morgan fingerprint density at radius 2 is 1.95 bits per heavy atom. The highest BCUT2D eigenvalue weighted by Crippen LogP contribution is 2.37. The van der Waals surface area contributed by atoms with Gasteiger partial charge in [0.05, 0.1) is 5.56 Å². The van der Waals surface area contributed by atoms with E-state index in [0.29, 0.717) is 17.8 Å². The number of hydrogen-bond acceptors (Lipinski definition) is 1. The lowest BCUT2D eigenvalue weighted by Gasteiger charge is -2.13. The number of carboxylic acid groups (broad SMARTS) is 1. The second kappa shape index (κ2) is 5.55. The second-order valence-electron chi connectivity index (χ2n) is 4.35. The van der Waals surface area contributed by atoms with Crippen LogP contribution in [0.1, 0.15) is 23.0 Å². The van der Waals surface area contributed by atoms with Crippen molar-refractivity contribution in [1.82, 2.24) is 4.57 Å². The zero-order valence-electron chi connectivity index (χ0n) is 10.9. The molecule has 1 N–H and O–H groups in total. The summed E-state index contributed by atoms with van der Waals surface area (Å²) in [6, 6.07) is 6.74. The Kier molecular flexibility index (Phi) is 4.13. The molecule has 1 heterocycles. The Labute approximate surface area is 127 Å². The summed E-state index contributed by atoms with van der Waals surface area (Å²) in [6.45, 7) is 2.08. The van der Waals surface area contributed by atoms with Gasteiger partial charge in [-0.25, -0.2) is 4.79 Å². The maximum absolute atomic E-state index is 12.9. The van der Waals surface area contributed by atoms with Crippen LogP contribution in [0.15, 0.2) is 34.8 Å². The predicted octanol–water partition coefficient (Wildman–Crippen LogP) is 4.65. The third-order valence-corrected chi connectivity index (χ3v) is 3.78. The van der Waals surface area contributed by atoms with Crippen molar-refractivity contribution in [2.24, 2.45) is 0 Å². The summed E-state index contributed by atoms with van der Waals surface area (Å²) in [4.78, 5) is 11.1. The SMILES string of the molecule is CCn1c(C(=O)O)ccc1-c1ccc(Br)c(C(F)(F)F)c1. The van der Waals surface area contributed by atoms with Crippen molar-refractivity contribution in [2.75, 3.05) is 0 Å². The molecule has 112 valence electrons. The summed E-state index contributed by atoms with van der Waals surface area (Å²) in [5, 5.41) is 9.08. The molecule has 0 saturated heterocycles. The molecule has 0 aliphatic rings. The maximum atomic E-state index is 12.9. The lowest BCUT2D eigenvalue weighted by atomic mass is 10.1. The molecule has 3 nitrogen and oxygen atoms in total. The van der Waals surface area contributed by atoms with Crippen LogP contribution >= 0.6 is 15.9 Å². The molecule has 0 radical (unpaired) electrons. The molecule has 0 spiro atoms. The lowest BCUT2D eigenvalue weighted by Crippen LogP contribution is -2.09. The van der Waals surface area contributed by atoms with E-state index in [2.05, 4.69) is 15.9 Å². The third-order valence-electron chi connectivity index (χ3n) is 3.08. The van der Waals surface area contributed by atoms with E-state index in [4.69, 9.17) is 5.11 Å². The highest BCUT2D eigenvalue weighted by Gasteiger charge is 2.33. The smallest absolute Gasteiger partial charge is 0.417 e. The van der Waals surface area contributed by atoms with E-state index in [-0.39, 0.29) is 10.2 Å². The quantitative estimate of drug-likeness (QED) is 0.864. The summed E-state index contributed by atoms with van der Waals surface area (Å²) in [6.07, 6.45) is -4.48. The van der Waals surface area contributed by atoms with Gasteiger partial charge in [0.1, 0.15) is 5.69 Å². The monoisotopic (exact) mass is 361 g/mol. The Bertz CT molecular complexity index is 692. The number of hydrogen-bond donors (Lipinski definition) is 1. The standard InChI is InChI=1S/C14H11BrF3NO2/c1-2-19-11(5-6-12(19)13(20)21)8-3-4-10(15)9(7-8)14(16,17)18/h3-7H,2H2,1H3,(H,20,21). The molecule has 0 aliphatic carbocycles. The van der Waals surface area contributed by atoms with Crippen LogP contribution in [0.5, 0.6) is 0 Å². The second-order valence-corrected chi connectivity index (χ2v) is 5.20. The van der Waals surface area contributed by atoms with Crippen molar-refractivity contribution >= 4 is 21.9 Å².